The van der Waals surface area contributed by atoms with E-state index in [9.17, 15) is 4.79 Å². The third kappa shape index (κ3) is 2.97. The average Bonchev–Trinajstić information content (AvgIpc) is 2.81. The van der Waals surface area contributed by atoms with Crippen molar-refractivity contribution >= 4 is 23.3 Å². The van der Waals surface area contributed by atoms with Gasteiger partial charge in [0, 0.05) is 25.5 Å². The number of aromatic amines is 1. The van der Waals surface area contributed by atoms with Gasteiger partial charge < -0.3 is 20.3 Å². The van der Waals surface area contributed by atoms with Crippen LogP contribution >= 0.6 is 0 Å². The summed E-state index contributed by atoms with van der Waals surface area (Å²) in [4.78, 5) is 23.2. The number of aliphatic carboxylic acids is 1. The maximum Gasteiger partial charge on any atom is 0.323 e. The Morgan fingerprint density at radius 3 is 3.06 bits per heavy atom. The van der Waals surface area contributed by atoms with E-state index in [1.165, 1.54) is 11.2 Å². The van der Waals surface area contributed by atoms with Crippen LogP contribution in [0.15, 0.2) is 30.9 Å². The predicted molar refractivity (Wildman–Crippen MR) is 67.0 cm³/mol. The second-order valence-electron chi connectivity index (χ2n) is 3.74. The molecule has 0 atom stereocenters. The molecule has 0 aromatic carbocycles. The molecule has 0 amide bonds. The van der Waals surface area contributed by atoms with E-state index < -0.39 is 5.97 Å². The van der Waals surface area contributed by atoms with Crippen LogP contribution in [-0.4, -0.2) is 39.6 Å². The Kier molecular flexibility index (Phi) is 3.42. The summed E-state index contributed by atoms with van der Waals surface area (Å²) >= 11 is 0. The number of nitrogens with one attached hydrogen (secondary N) is 2. The minimum atomic E-state index is -0.906. The van der Waals surface area contributed by atoms with Gasteiger partial charge in [0.15, 0.2) is 0 Å². The average molecular weight is 247 g/mol. The summed E-state index contributed by atoms with van der Waals surface area (Å²) in [6.07, 6.45) is 4.98. The maximum absolute atomic E-state index is 10.6. The molecule has 2 heterocycles. The molecule has 7 nitrogen and oxygen atoms in total. The molecule has 0 unspecified atom stereocenters. The summed E-state index contributed by atoms with van der Waals surface area (Å²) in [7, 11) is 1.66. The molecule has 2 rings (SSSR count). The molecule has 3 N–H and O–H groups in total. The number of aromatic nitrogens is 3. The molecular formula is C11H13N5O2. The molecule has 0 saturated heterocycles. The van der Waals surface area contributed by atoms with Crippen molar-refractivity contribution in [1.82, 2.24) is 15.0 Å². The molecule has 0 bridgehead atoms. The first kappa shape index (κ1) is 11.9. The molecule has 94 valence electrons. The minimum absolute atomic E-state index is 0.111. The van der Waals surface area contributed by atoms with Crippen molar-refractivity contribution in [3.8, 4) is 0 Å². The Bertz CT molecular complexity index is 526. The van der Waals surface area contributed by atoms with E-state index in [0.29, 0.717) is 11.6 Å². The molecular weight excluding hydrogens is 234 g/mol. The summed E-state index contributed by atoms with van der Waals surface area (Å²) in [6, 6.07) is 3.55. The van der Waals surface area contributed by atoms with Crippen LogP contribution in [0.4, 0.5) is 17.3 Å². The Balaban J connectivity index is 2.12. The second kappa shape index (κ2) is 5.17. The number of nitrogens with zero attached hydrogens (tertiary/aromatic N) is 3. The van der Waals surface area contributed by atoms with Crippen molar-refractivity contribution in [2.45, 2.75) is 0 Å². The van der Waals surface area contributed by atoms with Crippen LogP contribution in [0.2, 0.25) is 0 Å². The quantitative estimate of drug-likeness (QED) is 0.731. The highest BCUT2D eigenvalue weighted by Gasteiger charge is 2.08. The van der Waals surface area contributed by atoms with Gasteiger partial charge in [-0.15, -0.1) is 0 Å². The Labute approximate surface area is 103 Å². The summed E-state index contributed by atoms with van der Waals surface area (Å²) in [5.41, 5.74) is 0.875. The van der Waals surface area contributed by atoms with Gasteiger partial charge in [-0.25, -0.2) is 9.97 Å². The Hall–Kier alpha value is -2.57. The van der Waals surface area contributed by atoms with E-state index in [4.69, 9.17) is 5.11 Å². The van der Waals surface area contributed by atoms with Crippen LogP contribution in [0.5, 0.6) is 0 Å². The maximum atomic E-state index is 10.6. The number of H-pyrrole nitrogens is 1. The van der Waals surface area contributed by atoms with E-state index in [1.54, 1.807) is 25.5 Å². The van der Waals surface area contributed by atoms with Gasteiger partial charge in [0.05, 0.1) is 5.69 Å². The Morgan fingerprint density at radius 1 is 1.56 bits per heavy atom. The van der Waals surface area contributed by atoms with Crippen LogP contribution in [-0.2, 0) is 4.79 Å². The number of carboxylic acid groups (broad SMARTS) is 1. The molecule has 0 radical (unpaired) electrons. The predicted octanol–water partition coefficient (Wildman–Crippen LogP) is 1.07. The zero-order valence-electron chi connectivity index (χ0n) is 9.79. The van der Waals surface area contributed by atoms with Gasteiger partial charge in [0.2, 0.25) is 0 Å². The van der Waals surface area contributed by atoms with Crippen molar-refractivity contribution in [1.29, 1.82) is 0 Å². The van der Waals surface area contributed by atoms with Crippen LogP contribution in [0, 0.1) is 0 Å². The lowest BCUT2D eigenvalue weighted by atomic mass is 10.4. The van der Waals surface area contributed by atoms with Crippen molar-refractivity contribution < 1.29 is 9.90 Å². The smallest absolute Gasteiger partial charge is 0.323 e. The molecule has 2 aromatic rings. The third-order valence-electron chi connectivity index (χ3n) is 2.29. The zero-order valence-corrected chi connectivity index (χ0v) is 9.79. The number of hydrogen-bond acceptors (Lipinski definition) is 5. The van der Waals surface area contributed by atoms with Gasteiger partial charge in [-0.1, -0.05) is 0 Å². The van der Waals surface area contributed by atoms with Crippen molar-refractivity contribution in [3.63, 3.8) is 0 Å². The summed E-state index contributed by atoms with van der Waals surface area (Å²) in [6.45, 7) is -0.111. The summed E-state index contributed by atoms with van der Waals surface area (Å²) in [5, 5.41) is 11.8. The van der Waals surface area contributed by atoms with E-state index in [-0.39, 0.29) is 6.54 Å². The first-order valence-electron chi connectivity index (χ1n) is 5.30. The monoisotopic (exact) mass is 247 g/mol. The Morgan fingerprint density at radius 2 is 2.39 bits per heavy atom. The standard InChI is InChI=1S/C11H13N5O2/c1-16(6-11(17)18)10-4-9(13-7-14-10)15-8-2-3-12-5-8/h2-5,7,12H,6H2,1H3,(H,17,18)(H,13,14,15). The number of carbonyl (C=O) groups is 1. The fraction of sp³-hybridized carbons (Fsp3) is 0.182. The van der Waals surface area contributed by atoms with Crippen molar-refractivity contribution in [3.05, 3.63) is 30.9 Å². The molecule has 0 fully saturated rings. The SMILES string of the molecule is CN(CC(=O)O)c1cc(Nc2cc[nH]c2)ncn1. The van der Waals surface area contributed by atoms with Gasteiger partial charge in [-0.3, -0.25) is 4.79 Å². The fourth-order valence-corrected chi connectivity index (χ4v) is 1.46. The van der Waals surface area contributed by atoms with Crippen LogP contribution < -0.4 is 10.2 Å². The van der Waals surface area contributed by atoms with Gasteiger partial charge in [-0.2, -0.15) is 0 Å². The highest BCUT2D eigenvalue weighted by atomic mass is 16.4. The molecule has 0 saturated carbocycles. The van der Waals surface area contributed by atoms with Gasteiger partial charge in [0.25, 0.3) is 0 Å². The van der Waals surface area contributed by atoms with Gasteiger partial charge in [0.1, 0.15) is 24.5 Å². The molecule has 2 aromatic heterocycles. The summed E-state index contributed by atoms with van der Waals surface area (Å²) in [5.74, 6) is 0.249. The van der Waals surface area contributed by atoms with E-state index in [2.05, 4.69) is 20.3 Å². The second-order valence-corrected chi connectivity index (χ2v) is 3.74. The van der Waals surface area contributed by atoms with E-state index in [1.807, 2.05) is 6.07 Å². The summed E-state index contributed by atoms with van der Waals surface area (Å²) < 4.78 is 0. The van der Waals surface area contributed by atoms with E-state index in [0.717, 1.165) is 5.69 Å². The van der Waals surface area contributed by atoms with Gasteiger partial charge >= 0.3 is 5.97 Å². The molecule has 0 aliphatic heterocycles. The van der Waals surface area contributed by atoms with Crippen molar-refractivity contribution in [2.24, 2.45) is 0 Å². The normalized spacial score (nSPS) is 10.1. The minimum Gasteiger partial charge on any atom is -0.480 e. The first-order chi connectivity index (χ1) is 8.65. The number of likely N-dealkylation sites (N-methyl/N-ethyl adjacent to an activating group) is 1. The first-order valence-corrected chi connectivity index (χ1v) is 5.30. The number of hydrogen-bond donors (Lipinski definition) is 3. The van der Waals surface area contributed by atoms with Crippen molar-refractivity contribution in [2.75, 3.05) is 23.8 Å². The lowest BCUT2D eigenvalue weighted by Gasteiger charge is -2.15. The highest BCUT2D eigenvalue weighted by Crippen LogP contribution is 2.16. The van der Waals surface area contributed by atoms with E-state index >= 15 is 0 Å². The third-order valence-corrected chi connectivity index (χ3v) is 2.29. The number of anilines is 3. The largest absolute Gasteiger partial charge is 0.480 e. The molecule has 0 aliphatic rings. The lowest BCUT2D eigenvalue weighted by Crippen LogP contribution is -2.26. The van der Waals surface area contributed by atoms with Crippen LogP contribution in [0.3, 0.4) is 0 Å². The molecule has 7 heteroatoms. The molecule has 18 heavy (non-hydrogen) atoms. The zero-order chi connectivity index (χ0) is 13.0. The molecule has 0 spiro atoms. The highest BCUT2D eigenvalue weighted by molar-refractivity contribution is 5.73. The number of rotatable bonds is 5. The topological polar surface area (TPSA) is 94.1 Å². The fourth-order valence-electron chi connectivity index (χ4n) is 1.46. The van der Waals surface area contributed by atoms with Crippen LogP contribution in [0.25, 0.3) is 0 Å². The number of carboxylic acids is 1. The van der Waals surface area contributed by atoms with Crippen LogP contribution in [0.1, 0.15) is 0 Å². The molecule has 0 aliphatic carbocycles. The van der Waals surface area contributed by atoms with Gasteiger partial charge in [-0.05, 0) is 6.07 Å². The lowest BCUT2D eigenvalue weighted by molar-refractivity contribution is -0.135.